The topological polar surface area (TPSA) is 108 Å². The average Bonchev–Trinajstić information content (AvgIpc) is 3.32. The lowest BCUT2D eigenvalue weighted by molar-refractivity contribution is 0.544. The van der Waals surface area contributed by atoms with Gasteiger partial charge >= 0.3 is 0 Å². The van der Waals surface area contributed by atoms with Crippen LogP contribution in [-0.2, 0) is 6.54 Å². The van der Waals surface area contributed by atoms with Crippen molar-refractivity contribution in [2.75, 3.05) is 5.32 Å². The molecule has 0 aliphatic carbocycles. The zero-order valence-corrected chi connectivity index (χ0v) is 14.8. The molecule has 0 bridgehead atoms. The number of hydrogen-bond donors (Lipinski definition) is 2. The van der Waals surface area contributed by atoms with Crippen LogP contribution < -0.4 is 5.32 Å². The van der Waals surface area contributed by atoms with Crippen LogP contribution in [0.1, 0.15) is 44.9 Å². The van der Waals surface area contributed by atoms with Gasteiger partial charge in [0.2, 0.25) is 5.82 Å². The van der Waals surface area contributed by atoms with Crippen LogP contribution >= 0.6 is 0 Å². The van der Waals surface area contributed by atoms with Crippen molar-refractivity contribution in [3.63, 3.8) is 0 Å². The SMILES string of the molecule is CCCCCCCn1ncc2ccc(NC=C(C#N)c3nn[nH]n3)cc21. The van der Waals surface area contributed by atoms with E-state index in [0.29, 0.717) is 5.57 Å². The van der Waals surface area contributed by atoms with Gasteiger partial charge < -0.3 is 5.32 Å². The summed E-state index contributed by atoms with van der Waals surface area (Å²) in [6.07, 6.45) is 9.65. The zero-order chi connectivity index (χ0) is 18.2. The summed E-state index contributed by atoms with van der Waals surface area (Å²) in [6, 6.07) is 8.07. The molecule has 26 heavy (non-hydrogen) atoms. The predicted octanol–water partition coefficient (Wildman–Crippen LogP) is 3.50. The van der Waals surface area contributed by atoms with E-state index in [1.807, 2.05) is 29.1 Å². The fraction of sp³-hybridized carbons (Fsp3) is 0.389. The number of nitrogens with zero attached hydrogens (tertiary/aromatic N) is 6. The number of benzene rings is 1. The number of rotatable bonds is 9. The Morgan fingerprint density at radius 1 is 1.31 bits per heavy atom. The number of nitriles is 1. The van der Waals surface area contributed by atoms with Crippen LogP contribution in [-0.4, -0.2) is 30.4 Å². The van der Waals surface area contributed by atoms with E-state index in [2.05, 4.69) is 44.0 Å². The molecule has 8 nitrogen and oxygen atoms in total. The maximum Gasteiger partial charge on any atom is 0.216 e. The fourth-order valence-electron chi connectivity index (χ4n) is 2.78. The van der Waals surface area contributed by atoms with Crippen LogP contribution in [0.5, 0.6) is 0 Å². The first-order chi connectivity index (χ1) is 12.8. The smallest absolute Gasteiger partial charge is 0.216 e. The molecule has 0 unspecified atom stereocenters. The number of nitrogens with one attached hydrogen (secondary N) is 2. The van der Waals surface area contributed by atoms with Gasteiger partial charge in [-0.3, -0.25) is 4.68 Å². The molecule has 3 rings (SSSR count). The summed E-state index contributed by atoms with van der Waals surface area (Å²) in [6.45, 7) is 3.14. The number of aromatic nitrogens is 6. The Morgan fingerprint density at radius 2 is 2.19 bits per heavy atom. The van der Waals surface area contributed by atoms with Crippen molar-refractivity contribution in [2.45, 2.75) is 45.6 Å². The lowest BCUT2D eigenvalue weighted by Gasteiger charge is -2.06. The van der Waals surface area contributed by atoms with Crippen molar-refractivity contribution < 1.29 is 0 Å². The molecule has 2 aromatic heterocycles. The Balaban J connectivity index is 1.70. The number of hydrogen-bond acceptors (Lipinski definition) is 6. The number of H-pyrrole nitrogens is 1. The Bertz CT molecular complexity index is 901. The van der Waals surface area contributed by atoms with Crippen LogP contribution in [0.4, 0.5) is 5.69 Å². The number of aromatic amines is 1. The first-order valence-electron chi connectivity index (χ1n) is 8.88. The van der Waals surface area contributed by atoms with Crippen LogP contribution in [0.25, 0.3) is 16.5 Å². The Hall–Kier alpha value is -3.21. The second kappa shape index (κ2) is 8.76. The van der Waals surface area contributed by atoms with Gasteiger partial charge in [-0.2, -0.15) is 15.6 Å². The molecule has 3 aromatic rings. The molecule has 0 aliphatic heterocycles. The lowest BCUT2D eigenvalue weighted by Crippen LogP contribution is -2.00. The summed E-state index contributed by atoms with van der Waals surface area (Å²) in [5.41, 5.74) is 2.27. The number of tetrazole rings is 1. The minimum atomic E-state index is 0.262. The van der Waals surface area contributed by atoms with E-state index in [1.54, 1.807) is 6.20 Å². The van der Waals surface area contributed by atoms with Crippen molar-refractivity contribution in [3.05, 3.63) is 36.4 Å². The Labute approximate surface area is 151 Å². The number of unbranched alkanes of at least 4 members (excludes halogenated alkanes) is 4. The van der Waals surface area contributed by atoms with E-state index < -0.39 is 0 Å². The molecule has 0 atom stereocenters. The van der Waals surface area contributed by atoms with E-state index in [0.717, 1.165) is 29.6 Å². The third-order valence-corrected chi connectivity index (χ3v) is 4.21. The van der Waals surface area contributed by atoms with E-state index in [-0.39, 0.29) is 5.82 Å². The third-order valence-electron chi connectivity index (χ3n) is 4.21. The zero-order valence-electron chi connectivity index (χ0n) is 14.8. The molecule has 0 fully saturated rings. The number of anilines is 1. The number of fused-ring (bicyclic) bond motifs is 1. The van der Waals surface area contributed by atoms with E-state index >= 15 is 0 Å². The Morgan fingerprint density at radius 3 is 2.96 bits per heavy atom. The molecule has 0 spiro atoms. The van der Waals surface area contributed by atoms with Gasteiger partial charge in [0.25, 0.3) is 0 Å². The lowest BCUT2D eigenvalue weighted by atomic mass is 10.1. The van der Waals surface area contributed by atoms with Gasteiger partial charge in [-0.15, -0.1) is 10.2 Å². The van der Waals surface area contributed by atoms with Crippen molar-refractivity contribution in [2.24, 2.45) is 0 Å². The predicted molar refractivity (Wildman–Crippen MR) is 99.9 cm³/mol. The summed E-state index contributed by atoms with van der Waals surface area (Å²) < 4.78 is 2.04. The molecule has 0 amide bonds. The molecule has 0 aliphatic rings. The van der Waals surface area contributed by atoms with Crippen LogP contribution in [0.3, 0.4) is 0 Å². The van der Waals surface area contributed by atoms with Gasteiger partial charge in [-0.1, -0.05) is 32.6 Å². The van der Waals surface area contributed by atoms with Crippen LogP contribution in [0.2, 0.25) is 0 Å². The largest absolute Gasteiger partial charge is 0.360 e. The highest BCUT2D eigenvalue weighted by atomic mass is 15.5. The van der Waals surface area contributed by atoms with Gasteiger partial charge in [0, 0.05) is 23.8 Å². The molecule has 1 aromatic carbocycles. The summed E-state index contributed by atoms with van der Waals surface area (Å²) in [7, 11) is 0. The quantitative estimate of drug-likeness (QED) is 0.452. The highest BCUT2D eigenvalue weighted by Gasteiger charge is 2.07. The fourth-order valence-corrected chi connectivity index (χ4v) is 2.78. The first-order valence-corrected chi connectivity index (χ1v) is 8.88. The third kappa shape index (κ3) is 4.25. The van der Waals surface area contributed by atoms with Crippen LogP contribution in [0, 0.1) is 11.3 Å². The molecular formula is C18H22N8. The number of aryl methyl sites for hydroxylation is 1. The molecule has 0 radical (unpaired) electrons. The number of allylic oxidation sites excluding steroid dienone is 1. The molecule has 2 N–H and O–H groups in total. The van der Waals surface area contributed by atoms with E-state index in [4.69, 9.17) is 0 Å². The molecule has 134 valence electrons. The van der Waals surface area contributed by atoms with Gasteiger partial charge in [0.05, 0.1) is 11.7 Å². The van der Waals surface area contributed by atoms with Gasteiger partial charge in [-0.05, 0) is 29.8 Å². The maximum absolute atomic E-state index is 9.22. The van der Waals surface area contributed by atoms with Crippen molar-refractivity contribution in [1.82, 2.24) is 30.4 Å². The minimum Gasteiger partial charge on any atom is -0.360 e. The monoisotopic (exact) mass is 350 g/mol. The summed E-state index contributed by atoms with van der Waals surface area (Å²) in [5.74, 6) is 0.262. The Kier molecular flexibility index (Phi) is 5.93. The minimum absolute atomic E-state index is 0.262. The maximum atomic E-state index is 9.22. The molecule has 8 heteroatoms. The van der Waals surface area contributed by atoms with Gasteiger partial charge in [0.15, 0.2) is 0 Å². The summed E-state index contributed by atoms with van der Waals surface area (Å²) in [5, 5.41) is 31.4. The van der Waals surface area contributed by atoms with E-state index in [9.17, 15) is 5.26 Å². The molecule has 2 heterocycles. The molecule has 0 saturated carbocycles. The first kappa shape index (κ1) is 17.6. The standard InChI is InChI=1S/C18H22N8/c1-2-3-4-5-6-9-26-17-10-16(8-7-14(17)13-21-26)20-12-15(11-19)18-22-24-25-23-18/h7-8,10,12-13,20H,2-6,9H2,1H3,(H,22,23,24,25). The van der Waals surface area contributed by atoms with Gasteiger partial charge in [0.1, 0.15) is 11.6 Å². The molecule has 0 saturated heterocycles. The van der Waals surface area contributed by atoms with Crippen molar-refractivity contribution >= 4 is 22.2 Å². The van der Waals surface area contributed by atoms with Gasteiger partial charge in [-0.25, -0.2) is 0 Å². The highest BCUT2D eigenvalue weighted by Crippen LogP contribution is 2.20. The second-order valence-electron chi connectivity index (χ2n) is 6.11. The normalized spacial score (nSPS) is 11.6. The van der Waals surface area contributed by atoms with Crippen molar-refractivity contribution in [3.8, 4) is 6.07 Å². The van der Waals surface area contributed by atoms with Crippen LogP contribution in [0.15, 0.2) is 30.6 Å². The van der Waals surface area contributed by atoms with E-state index in [1.165, 1.54) is 25.7 Å². The average molecular weight is 350 g/mol. The van der Waals surface area contributed by atoms with Crippen molar-refractivity contribution in [1.29, 1.82) is 5.26 Å². The second-order valence-corrected chi connectivity index (χ2v) is 6.11. The summed E-state index contributed by atoms with van der Waals surface area (Å²) in [4.78, 5) is 0. The summed E-state index contributed by atoms with van der Waals surface area (Å²) >= 11 is 0. The highest BCUT2D eigenvalue weighted by molar-refractivity contribution is 5.83. The molecular weight excluding hydrogens is 328 g/mol.